The molecule has 2 aromatic heterocycles. The third-order valence-corrected chi connectivity index (χ3v) is 4.70. The summed E-state index contributed by atoms with van der Waals surface area (Å²) in [4.78, 5) is 29.3. The van der Waals surface area contributed by atoms with Crippen molar-refractivity contribution in [3.8, 4) is 6.57 Å². The van der Waals surface area contributed by atoms with E-state index in [0.717, 1.165) is 18.5 Å². The highest BCUT2D eigenvalue weighted by molar-refractivity contribution is 7.39. The number of carbonyl (C=O) groups is 1. The van der Waals surface area contributed by atoms with E-state index in [4.69, 9.17) is 34.5 Å². The number of esters is 1. The van der Waals surface area contributed by atoms with Crippen LogP contribution in [0.3, 0.4) is 0 Å². The number of fused-ring (bicyclic) bond motifs is 1. The minimum atomic E-state index is -2.49. The van der Waals surface area contributed by atoms with Crippen LogP contribution in [-0.2, 0) is 25.5 Å². The van der Waals surface area contributed by atoms with Crippen molar-refractivity contribution in [1.29, 1.82) is 10.7 Å². The van der Waals surface area contributed by atoms with E-state index in [0.29, 0.717) is 5.52 Å². The largest absolute Gasteiger partial charge is 0.463 e. The summed E-state index contributed by atoms with van der Waals surface area (Å²) < 4.78 is 19.0. The first kappa shape index (κ1) is 22.9. The van der Waals surface area contributed by atoms with Crippen LogP contribution >= 0.6 is 8.60 Å². The van der Waals surface area contributed by atoms with Crippen molar-refractivity contribution in [1.82, 2.24) is 14.2 Å². The summed E-state index contributed by atoms with van der Waals surface area (Å²) in [7, 11) is -2.49. The zero-order valence-corrected chi connectivity index (χ0v) is 17.0. The maximum Gasteiger partial charge on any atom is 0.328 e. The molecule has 2 aromatic rings. The first-order valence-electron chi connectivity index (χ1n) is 8.87. The summed E-state index contributed by atoms with van der Waals surface area (Å²) in [5.74, 6) is -0.405. The topological polar surface area (TPSA) is 155 Å². The lowest BCUT2D eigenvalue weighted by Gasteiger charge is -2.15. The second-order valence-electron chi connectivity index (χ2n) is 6.62. The maximum absolute atomic E-state index is 11.6. The minimum Gasteiger partial charge on any atom is -0.463 e. The van der Waals surface area contributed by atoms with Crippen LogP contribution in [0.4, 0.5) is 0 Å². The summed E-state index contributed by atoms with van der Waals surface area (Å²) in [6.45, 7) is 7.13. The number of hydrogen-bond acceptors (Lipinski definition) is 9. The molecule has 3 N–H and O–H groups in total. The zero-order chi connectivity index (χ0) is 21.6. The highest BCUT2D eigenvalue weighted by Gasteiger charge is 2.30. The van der Waals surface area contributed by atoms with Gasteiger partial charge in [0.25, 0.3) is 0 Å². The molecule has 29 heavy (non-hydrogen) atoms. The number of carbonyl (C=O) groups excluding carboxylic acids is 1. The lowest BCUT2D eigenvalue weighted by molar-refractivity contribution is -0.151. The molecule has 12 heteroatoms. The van der Waals surface area contributed by atoms with Gasteiger partial charge in [-0.3, -0.25) is 19.3 Å². The summed E-state index contributed by atoms with van der Waals surface area (Å²) in [5, 5.41) is 19.0. The van der Waals surface area contributed by atoms with Crippen LogP contribution in [0, 0.1) is 23.2 Å². The molecule has 3 heterocycles. The van der Waals surface area contributed by atoms with E-state index in [1.54, 1.807) is 24.4 Å². The third-order valence-electron chi connectivity index (χ3n) is 4.35. The van der Waals surface area contributed by atoms with Gasteiger partial charge in [-0.05, 0) is 25.0 Å². The standard InChI is InChI=1S/C16H23N4O6P.CHN/c1-10(2)16(21)24-7-11-3-6-14(26-11)12-4-5-13-15(17)19(8-18-20(12)13)9-25-27(22)23;1-2/h4-5,8,10-11,14,17,22-23H,3,6-7,9H2,1-2H3;1H. The fourth-order valence-corrected chi connectivity index (χ4v) is 3.14. The molecule has 0 saturated carbocycles. The van der Waals surface area contributed by atoms with E-state index in [1.807, 2.05) is 6.07 Å². The highest BCUT2D eigenvalue weighted by atomic mass is 31.2. The predicted octanol–water partition coefficient (Wildman–Crippen LogP) is 1.36. The number of nitriles is 1. The molecule has 1 aliphatic rings. The van der Waals surface area contributed by atoms with Crippen LogP contribution in [-0.4, -0.2) is 42.6 Å². The van der Waals surface area contributed by atoms with Gasteiger partial charge in [-0.15, -0.1) is 0 Å². The molecule has 158 valence electrons. The van der Waals surface area contributed by atoms with E-state index in [2.05, 4.69) is 11.7 Å². The maximum atomic E-state index is 11.6. The molecule has 0 spiro atoms. The fraction of sp³-hybridized carbons (Fsp3) is 0.529. The van der Waals surface area contributed by atoms with Gasteiger partial charge in [-0.2, -0.15) is 5.10 Å². The average molecular weight is 425 g/mol. The Labute approximate surface area is 168 Å². The molecule has 1 fully saturated rings. The average Bonchev–Trinajstić information content (AvgIpc) is 3.34. The Morgan fingerprint density at radius 3 is 2.83 bits per heavy atom. The number of rotatable bonds is 7. The first-order valence-corrected chi connectivity index (χ1v) is 10.0. The Balaban J connectivity index is 0.00000145. The van der Waals surface area contributed by atoms with Gasteiger partial charge in [-0.1, -0.05) is 13.8 Å². The third kappa shape index (κ3) is 5.59. The lowest BCUT2D eigenvalue weighted by atomic mass is 10.1. The molecular formula is C17H24N5O6P. The van der Waals surface area contributed by atoms with Crippen LogP contribution in [0.15, 0.2) is 18.5 Å². The highest BCUT2D eigenvalue weighted by Crippen LogP contribution is 2.33. The first-order chi connectivity index (χ1) is 13.9. The number of hydrogen-bond donors (Lipinski definition) is 3. The van der Waals surface area contributed by atoms with Gasteiger partial charge in [0.05, 0.1) is 17.7 Å². The summed E-state index contributed by atoms with van der Waals surface area (Å²) in [5.41, 5.74) is 1.50. The number of nitrogens with zero attached hydrogens (tertiary/aromatic N) is 4. The van der Waals surface area contributed by atoms with E-state index in [9.17, 15) is 4.79 Å². The van der Waals surface area contributed by atoms with Crippen LogP contribution in [0.5, 0.6) is 0 Å². The number of nitrogens with one attached hydrogen (secondary N) is 1. The Hall–Kier alpha value is -2.35. The predicted molar refractivity (Wildman–Crippen MR) is 101 cm³/mol. The van der Waals surface area contributed by atoms with Gasteiger partial charge < -0.3 is 19.3 Å². The van der Waals surface area contributed by atoms with Crippen molar-refractivity contribution in [3.63, 3.8) is 0 Å². The second-order valence-corrected chi connectivity index (χ2v) is 7.39. The molecule has 11 nitrogen and oxygen atoms in total. The van der Waals surface area contributed by atoms with Gasteiger partial charge in [0.15, 0.2) is 5.49 Å². The van der Waals surface area contributed by atoms with Gasteiger partial charge in [0.2, 0.25) is 0 Å². The molecule has 2 unspecified atom stereocenters. The summed E-state index contributed by atoms with van der Waals surface area (Å²) in [6.07, 6.45) is 2.58. The van der Waals surface area contributed by atoms with Crippen LogP contribution < -0.4 is 5.49 Å². The van der Waals surface area contributed by atoms with E-state index >= 15 is 0 Å². The monoisotopic (exact) mass is 425 g/mol. The second kappa shape index (κ2) is 10.4. The Bertz CT molecular complexity index is 909. The van der Waals surface area contributed by atoms with E-state index in [-0.39, 0.29) is 42.9 Å². The molecule has 0 amide bonds. The van der Waals surface area contributed by atoms with Crippen molar-refractivity contribution in [3.05, 3.63) is 29.6 Å². The normalized spacial score (nSPS) is 18.8. The molecule has 3 rings (SSSR count). The van der Waals surface area contributed by atoms with Gasteiger partial charge in [-0.25, -0.2) is 9.78 Å². The molecular weight excluding hydrogens is 401 g/mol. The summed E-state index contributed by atoms with van der Waals surface area (Å²) >= 11 is 0. The van der Waals surface area contributed by atoms with Crippen molar-refractivity contribution < 1.29 is 28.6 Å². The number of ether oxygens (including phenoxy) is 2. The zero-order valence-electron chi connectivity index (χ0n) is 16.1. The molecule has 0 bridgehead atoms. The fourth-order valence-electron chi connectivity index (χ4n) is 2.91. The van der Waals surface area contributed by atoms with Crippen molar-refractivity contribution in [2.75, 3.05) is 6.61 Å². The quantitative estimate of drug-likeness (QED) is 0.444. The Morgan fingerprint density at radius 2 is 2.17 bits per heavy atom. The Morgan fingerprint density at radius 1 is 1.45 bits per heavy atom. The SMILES string of the molecule is C#N.CC(C)C(=O)OCC1CCC(c2ccc3c(=N)n(COP(O)O)cnn23)O1. The molecule has 0 aromatic carbocycles. The summed E-state index contributed by atoms with van der Waals surface area (Å²) in [6, 6.07) is 3.61. The smallest absolute Gasteiger partial charge is 0.328 e. The van der Waals surface area contributed by atoms with Crippen molar-refractivity contribution in [2.24, 2.45) is 5.92 Å². The molecule has 2 atom stereocenters. The molecule has 1 saturated heterocycles. The van der Waals surface area contributed by atoms with Gasteiger partial charge in [0.1, 0.15) is 31.3 Å². The number of aromatic nitrogens is 3. The van der Waals surface area contributed by atoms with Gasteiger partial charge in [0, 0.05) is 6.57 Å². The molecule has 0 aliphatic carbocycles. The van der Waals surface area contributed by atoms with Crippen LogP contribution in [0.25, 0.3) is 5.52 Å². The van der Waals surface area contributed by atoms with Gasteiger partial charge >= 0.3 is 14.6 Å². The lowest BCUT2D eigenvalue weighted by Crippen LogP contribution is -2.24. The van der Waals surface area contributed by atoms with Crippen LogP contribution in [0.2, 0.25) is 0 Å². The molecule has 1 aliphatic heterocycles. The van der Waals surface area contributed by atoms with Crippen molar-refractivity contribution >= 4 is 20.1 Å². The van der Waals surface area contributed by atoms with E-state index in [1.165, 1.54) is 10.9 Å². The van der Waals surface area contributed by atoms with Crippen molar-refractivity contribution in [2.45, 2.75) is 45.6 Å². The Kier molecular flexibility index (Phi) is 8.25. The van der Waals surface area contributed by atoms with Crippen LogP contribution in [0.1, 0.15) is 38.5 Å². The molecule has 0 radical (unpaired) electrons. The van der Waals surface area contributed by atoms with E-state index < -0.39 is 8.60 Å². The minimum absolute atomic E-state index is 0.133.